The van der Waals surface area contributed by atoms with Gasteiger partial charge in [-0.2, -0.15) is 0 Å². The van der Waals surface area contributed by atoms with Crippen molar-refractivity contribution in [1.29, 1.82) is 0 Å². The maximum absolute atomic E-state index is 11.8. The molecule has 16 heavy (non-hydrogen) atoms. The molecule has 0 saturated heterocycles. The Hall–Kier alpha value is -0.340. The van der Waals surface area contributed by atoms with Crippen molar-refractivity contribution >= 4 is 28.7 Å². The third-order valence-electron chi connectivity index (χ3n) is 2.66. The van der Waals surface area contributed by atoms with Gasteiger partial charge in [0, 0.05) is 6.42 Å². The molecule has 0 saturated carbocycles. The van der Waals surface area contributed by atoms with E-state index in [2.05, 4.69) is 6.92 Å². The van der Waals surface area contributed by atoms with Crippen LogP contribution in [0.3, 0.4) is 0 Å². The topological polar surface area (TPSA) is 17.1 Å². The molecule has 0 aliphatic carbocycles. The Morgan fingerprint density at radius 3 is 2.56 bits per heavy atom. The van der Waals surface area contributed by atoms with Crippen LogP contribution in [0.2, 0.25) is 5.02 Å². The first kappa shape index (κ1) is 13.7. The van der Waals surface area contributed by atoms with Gasteiger partial charge in [0.2, 0.25) is 0 Å². The summed E-state index contributed by atoms with van der Waals surface area (Å²) in [5.74, 6) is 0.208. The molecule has 3 heteroatoms. The molecule has 0 atom stereocenters. The second-order valence-corrected chi connectivity index (χ2v) is 5.41. The lowest BCUT2D eigenvalue weighted by Crippen LogP contribution is -1.96. The van der Waals surface area contributed by atoms with Crippen molar-refractivity contribution < 1.29 is 4.79 Å². The molecule has 0 spiro atoms. The summed E-state index contributed by atoms with van der Waals surface area (Å²) < 4.78 is 0. The van der Waals surface area contributed by atoms with Gasteiger partial charge in [-0.1, -0.05) is 44.2 Å². The Morgan fingerprint density at radius 2 is 2.00 bits per heavy atom. The van der Waals surface area contributed by atoms with E-state index in [1.54, 1.807) is 0 Å². The molecule has 0 aliphatic rings. The van der Waals surface area contributed by atoms with Crippen LogP contribution in [0.1, 0.15) is 60.7 Å². The minimum atomic E-state index is 0.208. The molecule has 0 unspecified atom stereocenters. The molecule has 0 bridgehead atoms. The Bertz CT molecular complexity index is 344. The summed E-state index contributed by atoms with van der Waals surface area (Å²) in [6.45, 7) is 4.14. The molecule has 0 fully saturated rings. The fourth-order valence-electron chi connectivity index (χ4n) is 1.62. The van der Waals surface area contributed by atoms with Crippen LogP contribution in [0.5, 0.6) is 0 Å². The first-order chi connectivity index (χ1) is 7.66. The van der Waals surface area contributed by atoms with E-state index in [0.29, 0.717) is 11.4 Å². The van der Waals surface area contributed by atoms with Gasteiger partial charge in [0.05, 0.1) is 9.90 Å². The van der Waals surface area contributed by atoms with Crippen LogP contribution in [0.25, 0.3) is 0 Å². The maximum Gasteiger partial charge on any atom is 0.174 e. The summed E-state index contributed by atoms with van der Waals surface area (Å²) in [6.07, 6.45) is 6.54. The van der Waals surface area contributed by atoms with Crippen LogP contribution in [-0.2, 0) is 0 Å². The molecule has 0 amide bonds. The summed E-state index contributed by atoms with van der Waals surface area (Å²) in [6, 6.07) is 0. The van der Waals surface area contributed by atoms with Crippen LogP contribution < -0.4 is 0 Å². The van der Waals surface area contributed by atoms with Crippen LogP contribution in [0, 0.1) is 6.92 Å². The Kier molecular flexibility index (Phi) is 6.07. The number of ketones is 1. The van der Waals surface area contributed by atoms with Gasteiger partial charge in [-0.15, -0.1) is 11.3 Å². The third kappa shape index (κ3) is 3.91. The molecular weight excluding hydrogens is 240 g/mol. The monoisotopic (exact) mass is 258 g/mol. The Morgan fingerprint density at radius 1 is 1.31 bits per heavy atom. The average Bonchev–Trinajstić information content (AvgIpc) is 2.59. The van der Waals surface area contributed by atoms with E-state index < -0.39 is 0 Å². The van der Waals surface area contributed by atoms with Gasteiger partial charge in [-0.3, -0.25) is 4.79 Å². The van der Waals surface area contributed by atoms with Gasteiger partial charge in [-0.05, 0) is 24.3 Å². The number of carbonyl (C=O) groups excluding carboxylic acids is 1. The van der Waals surface area contributed by atoms with E-state index in [0.717, 1.165) is 23.3 Å². The molecule has 90 valence electrons. The van der Waals surface area contributed by atoms with Crippen molar-refractivity contribution in [3.05, 3.63) is 20.8 Å². The van der Waals surface area contributed by atoms with Gasteiger partial charge in [0.15, 0.2) is 5.78 Å². The molecule has 0 aliphatic heterocycles. The first-order valence-electron chi connectivity index (χ1n) is 5.93. The lowest BCUT2D eigenvalue weighted by atomic mass is 10.1. The number of carbonyl (C=O) groups is 1. The molecule has 1 nitrogen and oxygen atoms in total. The third-order valence-corrected chi connectivity index (χ3v) is 4.40. The summed E-state index contributed by atoms with van der Waals surface area (Å²) >= 11 is 7.53. The zero-order chi connectivity index (χ0) is 12.0. The highest BCUT2D eigenvalue weighted by Gasteiger charge is 2.13. The zero-order valence-electron chi connectivity index (χ0n) is 10.0. The number of Topliss-reactive ketones (excluding diaryl/α,β-unsaturated/α-hetero) is 1. The normalized spacial score (nSPS) is 10.7. The van der Waals surface area contributed by atoms with E-state index >= 15 is 0 Å². The van der Waals surface area contributed by atoms with Crippen molar-refractivity contribution in [1.82, 2.24) is 0 Å². The number of halogens is 1. The van der Waals surface area contributed by atoms with Gasteiger partial charge < -0.3 is 0 Å². The molecule has 1 aromatic heterocycles. The fraction of sp³-hybridized carbons (Fsp3) is 0.615. The van der Waals surface area contributed by atoms with Crippen molar-refractivity contribution in [2.75, 3.05) is 0 Å². The number of rotatable bonds is 7. The number of thiophene rings is 1. The van der Waals surface area contributed by atoms with E-state index in [9.17, 15) is 4.79 Å². The first-order valence-corrected chi connectivity index (χ1v) is 7.19. The SMILES string of the molecule is CCCCCCCC(=O)c1scc(C)c1Cl. The highest BCUT2D eigenvalue weighted by Crippen LogP contribution is 2.28. The summed E-state index contributed by atoms with van der Waals surface area (Å²) in [4.78, 5) is 12.6. The number of hydrogen-bond donors (Lipinski definition) is 0. The van der Waals surface area contributed by atoms with E-state index in [-0.39, 0.29) is 5.78 Å². The summed E-state index contributed by atoms with van der Waals surface area (Å²) in [7, 11) is 0. The molecule has 1 rings (SSSR count). The van der Waals surface area contributed by atoms with E-state index in [1.807, 2.05) is 12.3 Å². The van der Waals surface area contributed by atoms with Gasteiger partial charge >= 0.3 is 0 Å². The minimum absolute atomic E-state index is 0.208. The van der Waals surface area contributed by atoms with Gasteiger partial charge in [0.25, 0.3) is 0 Å². The molecule has 0 N–H and O–H groups in total. The van der Waals surface area contributed by atoms with Gasteiger partial charge in [-0.25, -0.2) is 0 Å². The molecule has 0 aromatic carbocycles. The van der Waals surface area contributed by atoms with E-state index in [4.69, 9.17) is 11.6 Å². The fourth-order valence-corrected chi connectivity index (χ4v) is 2.89. The molecule has 1 heterocycles. The standard InChI is InChI=1S/C13H19ClOS/c1-3-4-5-6-7-8-11(15)13-12(14)10(2)9-16-13/h9H,3-8H2,1-2H3. The predicted molar refractivity (Wildman–Crippen MR) is 71.8 cm³/mol. The number of aryl methyl sites for hydroxylation is 1. The number of unbranched alkanes of at least 4 members (excludes halogenated alkanes) is 4. The zero-order valence-corrected chi connectivity index (χ0v) is 11.6. The second-order valence-electron chi connectivity index (χ2n) is 4.15. The quantitative estimate of drug-likeness (QED) is 0.482. The Labute approximate surface area is 107 Å². The largest absolute Gasteiger partial charge is 0.293 e. The van der Waals surface area contributed by atoms with Crippen LogP contribution in [-0.4, -0.2) is 5.78 Å². The van der Waals surface area contributed by atoms with Gasteiger partial charge in [0.1, 0.15) is 0 Å². The van der Waals surface area contributed by atoms with Crippen molar-refractivity contribution in [2.24, 2.45) is 0 Å². The summed E-state index contributed by atoms with van der Waals surface area (Å²) in [5.41, 5.74) is 1.01. The smallest absolute Gasteiger partial charge is 0.174 e. The maximum atomic E-state index is 11.8. The van der Waals surface area contributed by atoms with Crippen molar-refractivity contribution in [3.8, 4) is 0 Å². The predicted octanol–water partition coefficient (Wildman–Crippen LogP) is 5.25. The van der Waals surface area contributed by atoms with E-state index in [1.165, 1.54) is 30.6 Å². The van der Waals surface area contributed by atoms with Crippen LogP contribution in [0.15, 0.2) is 5.38 Å². The van der Waals surface area contributed by atoms with Crippen molar-refractivity contribution in [3.63, 3.8) is 0 Å². The van der Waals surface area contributed by atoms with Crippen LogP contribution >= 0.6 is 22.9 Å². The molecule has 0 radical (unpaired) electrons. The van der Waals surface area contributed by atoms with Crippen molar-refractivity contribution in [2.45, 2.75) is 52.4 Å². The lowest BCUT2D eigenvalue weighted by Gasteiger charge is -2.00. The van der Waals surface area contributed by atoms with Crippen LogP contribution in [0.4, 0.5) is 0 Å². The molecular formula is C13H19ClOS. The summed E-state index contributed by atoms with van der Waals surface area (Å²) in [5, 5.41) is 2.61. The number of hydrogen-bond acceptors (Lipinski definition) is 2. The molecule has 1 aromatic rings. The highest BCUT2D eigenvalue weighted by atomic mass is 35.5. The average molecular weight is 259 g/mol. The minimum Gasteiger partial charge on any atom is -0.293 e. The Balaban J connectivity index is 2.33. The highest BCUT2D eigenvalue weighted by molar-refractivity contribution is 7.13. The lowest BCUT2D eigenvalue weighted by molar-refractivity contribution is 0.0983. The second kappa shape index (κ2) is 7.08.